The van der Waals surface area contributed by atoms with Crippen LogP contribution in [0.15, 0.2) is 36.5 Å². The Bertz CT molecular complexity index is 613. The van der Waals surface area contributed by atoms with Crippen molar-refractivity contribution in [2.24, 2.45) is 0 Å². The average Bonchev–Trinajstić information content (AvgIpc) is 2.46. The Morgan fingerprint density at radius 2 is 2.00 bits per heavy atom. The third-order valence-corrected chi connectivity index (χ3v) is 2.83. The second kappa shape index (κ2) is 6.25. The number of benzene rings is 1. The maximum Gasteiger partial charge on any atom is 0.358 e. The monoisotopic (exact) mass is 293 g/mol. The van der Waals surface area contributed by atoms with Gasteiger partial charge in [-0.15, -0.1) is 0 Å². The van der Waals surface area contributed by atoms with E-state index in [1.54, 1.807) is 18.2 Å². The third kappa shape index (κ3) is 3.19. The summed E-state index contributed by atoms with van der Waals surface area (Å²) in [5.41, 5.74) is 0.728. The molecule has 0 saturated heterocycles. The lowest BCUT2D eigenvalue weighted by molar-refractivity contribution is 0.0685. The molecule has 0 spiro atoms. The van der Waals surface area contributed by atoms with Crippen molar-refractivity contribution in [3.8, 4) is 11.5 Å². The lowest BCUT2D eigenvalue weighted by atomic mass is 10.2. The zero-order valence-corrected chi connectivity index (χ0v) is 11.4. The highest BCUT2D eigenvalue weighted by molar-refractivity contribution is 6.30. The van der Waals surface area contributed by atoms with E-state index < -0.39 is 5.97 Å². The second-order valence-corrected chi connectivity index (χ2v) is 4.35. The van der Waals surface area contributed by atoms with Crippen LogP contribution in [0.5, 0.6) is 11.5 Å². The van der Waals surface area contributed by atoms with E-state index in [1.807, 2.05) is 12.1 Å². The fraction of sp³-hybridized carbons (Fsp3) is 0.143. The Labute approximate surface area is 120 Å². The van der Waals surface area contributed by atoms with Crippen LogP contribution in [0.1, 0.15) is 16.1 Å². The molecule has 0 saturated carbocycles. The number of rotatable bonds is 5. The van der Waals surface area contributed by atoms with Crippen molar-refractivity contribution in [3.63, 3.8) is 0 Å². The summed E-state index contributed by atoms with van der Waals surface area (Å²) in [6.07, 6.45) is 1.36. The molecule has 6 heteroatoms. The van der Waals surface area contributed by atoms with Crippen LogP contribution < -0.4 is 9.47 Å². The summed E-state index contributed by atoms with van der Waals surface area (Å²) in [4.78, 5) is 14.8. The molecule has 0 fully saturated rings. The summed E-state index contributed by atoms with van der Waals surface area (Å²) < 4.78 is 10.6. The van der Waals surface area contributed by atoms with Gasteiger partial charge in [0.1, 0.15) is 6.61 Å². The van der Waals surface area contributed by atoms with Crippen molar-refractivity contribution >= 4 is 17.6 Å². The topological polar surface area (TPSA) is 68.7 Å². The summed E-state index contributed by atoms with van der Waals surface area (Å²) in [6, 6.07) is 8.73. The van der Waals surface area contributed by atoms with E-state index in [4.69, 9.17) is 26.2 Å². The maximum atomic E-state index is 11.0. The number of aromatic nitrogens is 1. The number of ether oxygens (including phenoxy) is 2. The predicted octanol–water partition coefficient (Wildman–Crippen LogP) is 3.02. The summed E-state index contributed by atoms with van der Waals surface area (Å²) in [6.45, 7) is 0.274. The number of carbonyl (C=O) groups is 1. The van der Waals surface area contributed by atoms with Crippen LogP contribution in [0.3, 0.4) is 0 Å². The van der Waals surface area contributed by atoms with Gasteiger partial charge in [-0.2, -0.15) is 0 Å². The molecule has 0 aliphatic heterocycles. The minimum atomic E-state index is -1.17. The number of carboxylic acids is 1. The second-order valence-electron chi connectivity index (χ2n) is 3.91. The number of pyridine rings is 1. The number of carboxylic acid groups (broad SMARTS) is 1. The molecule has 0 unspecified atom stereocenters. The van der Waals surface area contributed by atoms with Crippen molar-refractivity contribution in [2.75, 3.05) is 7.11 Å². The number of hydrogen-bond acceptors (Lipinski definition) is 4. The van der Waals surface area contributed by atoms with Crippen LogP contribution in [0.25, 0.3) is 0 Å². The molecule has 104 valence electrons. The van der Waals surface area contributed by atoms with Gasteiger partial charge < -0.3 is 14.6 Å². The van der Waals surface area contributed by atoms with Crippen molar-refractivity contribution in [1.29, 1.82) is 0 Å². The molecular weight excluding hydrogens is 282 g/mol. The highest BCUT2D eigenvalue weighted by atomic mass is 35.5. The van der Waals surface area contributed by atoms with Crippen LogP contribution in [0, 0.1) is 0 Å². The Kier molecular flexibility index (Phi) is 4.42. The molecule has 0 bridgehead atoms. The Morgan fingerprint density at radius 1 is 1.30 bits per heavy atom. The van der Waals surface area contributed by atoms with E-state index in [0.717, 1.165) is 5.56 Å². The Morgan fingerprint density at radius 3 is 2.60 bits per heavy atom. The Balaban J connectivity index is 2.19. The first-order chi connectivity index (χ1) is 9.61. The van der Waals surface area contributed by atoms with Gasteiger partial charge in [0.25, 0.3) is 0 Å². The van der Waals surface area contributed by atoms with Gasteiger partial charge in [-0.3, -0.25) is 0 Å². The van der Waals surface area contributed by atoms with Crippen LogP contribution in [0.2, 0.25) is 5.02 Å². The minimum Gasteiger partial charge on any atom is -0.491 e. The van der Waals surface area contributed by atoms with Crippen LogP contribution in [-0.2, 0) is 6.61 Å². The normalized spacial score (nSPS) is 10.1. The standard InChI is InChI=1S/C14H12ClNO4/c1-19-13-11(6-7-16-12(13)14(17)18)20-8-9-2-4-10(15)5-3-9/h2-7H,8H2,1H3,(H,17,18). The molecule has 1 N–H and O–H groups in total. The zero-order valence-electron chi connectivity index (χ0n) is 10.7. The molecule has 1 aromatic heterocycles. The molecule has 5 nitrogen and oxygen atoms in total. The molecule has 0 atom stereocenters. The molecule has 0 aliphatic rings. The first kappa shape index (κ1) is 14.1. The van der Waals surface area contributed by atoms with E-state index in [-0.39, 0.29) is 18.1 Å². The largest absolute Gasteiger partial charge is 0.491 e. The fourth-order valence-corrected chi connectivity index (χ4v) is 1.76. The minimum absolute atomic E-state index is 0.106. The van der Waals surface area contributed by atoms with Crippen LogP contribution in [0.4, 0.5) is 0 Å². The van der Waals surface area contributed by atoms with Crippen LogP contribution >= 0.6 is 11.6 Å². The molecule has 2 aromatic rings. The lowest BCUT2D eigenvalue weighted by Gasteiger charge is -2.11. The van der Waals surface area contributed by atoms with Gasteiger partial charge in [0.2, 0.25) is 0 Å². The highest BCUT2D eigenvalue weighted by Crippen LogP contribution is 2.30. The number of methoxy groups -OCH3 is 1. The third-order valence-electron chi connectivity index (χ3n) is 2.58. The smallest absolute Gasteiger partial charge is 0.358 e. The molecule has 0 aliphatic carbocycles. The lowest BCUT2D eigenvalue weighted by Crippen LogP contribution is -2.06. The van der Waals surface area contributed by atoms with Gasteiger partial charge in [-0.05, 0) is 17.7 Å². The van der Waals surface area contributed by atoms with Crippen molar-refractivity contribution in [2.45, 2.75) is 6.61 Å². The molecular formula is C14H12ClNO4. The van der Waals surface area contributed by atoms with E-state index in [2.05, 4.69) is 4.98 Å². The van der Waals surface area contributed by atoms with Crippen molar-refractivity contribution in [1.82, 2.24) is 4.98 Å². The van der Waals surface area contributed by atoms with Gasteiger partial charge in [0, 0.05) is 17.3 Å². The molecule has 1 heterocycles. The van der Waals surface area contributed by atoms with Gasteiger partial charge in [0.15, 0.2) is 17.2 Å². The average molecular weight is 294 g/mol. The van der Waals surface area contributed by atoms with E-state index >= 15 is 0 Å². The first-order valence-corrected chi connectivity index (χ1v) is 6.13. The Hall–Kier alpha value is -2.27. The van der Waals surface area contributed by atoms with Crippen molar-refractivity contribution in [3.05, 3.63) is 52.8 Å². The molecule has 0 radical (unpaired) electrons. The summed E-state index contributed by atoms with van der Waals surface area (Å²) >= 11 is 5.80. The van der Waals surface area contributed by atoms with Crippen molar-refractivity contribution < 1.29 is 19.4 Å². The number of halogens is 1. The predicted molar refractivity (Wildman–Crippen MR) is 73.5 cm³/mol. The van der Waals surface area contributed by atoms with Gasteiger partial charge in [-0.25, -0.2) is 9.78 Å². The number of hydrogen-bond donors (Lipinski definition) is 1. The number of nitrogens with zero attached hydrogens (tertiary/aromatic N) is 1. The SMILES string of the molecule is COc1c(OCc2ccc(Cl)cc2)ccnc1C(=O)O. The molecule has 20 heavy (non-hydrogen) atoms. The van der Waals surface area contributed by atoms with Gasteiger partial charge in [-0.1, -0.05) is 23.7 Å². The van der Waals surface area contributed by atoms with Gasteiger partial charge in [0.05, 0.1) is 7.11 Å². The molecule has 1 aromatic carbocycles. The van der Waals surface area contributed by atoms with E-state index in [9.17, 15) is 4.79 Å². The maximum absolute atomic E-state index is 11.0. The van der Waals surface area contributed by atoms with E-state index in [1.165, 1.54) is 13.3 Å². The van der Waals surface area contributed by atoms with Gasteiger partial charge >= 0.3 is 5.97 Å². The fourth-order valence-electron chi connectivity index (χ4n) is 1.64. The summed E-state index contributed by atoms with van der Waals surface area (Å²) in [5, 5.41) is 9.67. The quantitative estimate of drug-likeness (QED) is 0.917. The number of aromatic carboxylic acids is 1. The summed E-state index contributed by atoms with van der Waals surface area (Å²) in [7, 11) is 1.37. The molecule has 2 rings (SSSR count). The first-order valence-electron chi connectivity index (χ1n) is 5.75. The highest BCUT2D eigenvalue weighted by Gasteiger charge is 2.17. The summed E-state index contributed by atoms with van der Waals surface area (Å²) in [5.74, 6) is -0.734. The van der Waals surface area contributed by atoms with Crippen LogP contribution in [-0.4, -0.2) is 23.2 Å². The molecule has 0 amide bonds. The van der Waals surface area contributed by atoms with E-state index in [0.29, 0.717) is 10.8 Å². The zero-order chi connectivity index (χ0) is 14.5.